The lowest BCUT2D eigenvalue weighted by atomic mass is 9.85. The standard InChI is InChI=1S/C17H21ClF3NO2/c18-13-2-1-3-14(15(13)17(19,20)21)24-16(12-4-7-22-10-12)11-5-8-23-9-6-11/h1-3,11-12,16,22H,4-10H2/t12?,16-/m1/s1. The zero-order chi connectivity index (χ0) is 17.2. The fraction of sp³-hybridized carbons (Fsp3) is 0.647. The van der Waals surface area contributed by atoms with Crippen molar-refractivity contribution < 1.29 is 22.6 Å². The summed E-state index contributed by atoms with van der Waals surface area (Å²) in [6, 6.07) is 4.11. The fourth-order valence-corrected chi connectivity index (χ4v) is 3.88. The first kappa shape index (κ1) is 17.8. The first-order chi connectivity index (χ1) is 11.5. The number of benzene rings is 1. The Morgan fingerprint density at radius 1 is 1.17 bits per heavy atom. The van der Waals surface area contributed by atoms with Crippen LogP contribution in [0.25, 0.3) is 0 Å². The van der Waals surface area contributed by atoms with Crippen LogP contribution < -0.4 is 10.1 Å². The van der Waals surface area contributed by atoms with Gasteiger partial charge in [0.2, 0.25) is 0 Å². The van der Waals surface area contributed by atoms with Gasteiger partial charge in [0, 0.05) is 31.6 Å². The van der Waals surface area contributed by atoms with E-state index in [-0.39, 0.29) is 28.7 Å². The monoisotopic (exact) mass is 363 g/mol. The van der Waals surface area contributed by atoms with Gasteiger partial charge in [-0.2, -0.15) is 13.2 Å². The van der Waals surface area contributed by atoms with Crippen LogP contribution in [0.2, 0.25) is 5.02 Å². The van der Waals surface area contributed by atoms with Crippen molar-refractivity contribution in [2.75, 3.05) is 26.3 Å². The molecule has 2 aliphatic heterocycles. The van der Waals surface area contributed by atoms with Crippen molar-refractivity contribution in [3.63, 3.8) is 0 Å². The topological polar surface area (TPSA) is 30.5 Å². The molecule has 134 valence electrons. The van der Waals surface area contributed by atoms with Crippen molar-refractivity contribution in [3.05, 3.63) is 28.8 Å². The Bertz CT molecular complexity index is 555. The molecule has 3 nitrogen and oxygen atoms in total. The van der Waals surface area contributed by atoms with Gasteiger partial charge in [-0.1, -0.05) is 17.7 Å². The molecular weight excluding hydrogens is 343 g/mol. The summed E-state index contributed by atoms with van der Waals surface area (Å²) in [7, 11) is 0. The molecule has 0 aromatic heterocycles. The lowest BCUT2D eigenvalue weighted by molar-refractivity contribution is -0.139. The van der Waals surface area contributed by atoms with Crippen molar-refractivity contribution in [1.82, 2.24) is 5.32 Å². The second-order valence-electron chi connectivity index (χ2n) is 6.40. The number of halogens is 4. The highest BCUT2D eigenvalue weighted by Gasteiger charge is 2.40. The van der Waals surface area contributed by atoms with Crippen LogP contribution >= 0.6 is 11.6 Å². The van der Waals surface area contributed by atoms with Gasteiger partial charge >= 0.3 is 6.18 Å². The van der Waals surface area contributed by atoms with E-state index in [2.05, 4.69) is 5.32 Å². The molecule has 1 aromatic carbocycles. The van der Waals surface area contributed by atoms with Crippen molar-refractivity contribution in [3.8, 4) is 5.75 Å². The quantitative estimate of drug-likeness (QED) is 0.872. The van der Waals surface area contributed by atoms with Crippen molar-refractivity contribution >= 4 is 11.6 Å². The summed E-state index contributed by atoms with van der Waals surface area (Å²) in [6.07, 6.45) is -2.28. The van der Waals surface area contributed by atoms with Crippen LogP contribution in [0, 0.1) is 11.8 Å². The highest BCUT2D eigenvalue weighted by Crippen LogP contribution is 2.42. The molecule has 0 saturated carbocycles. The molecule has 1 N–H and O–H groups in total. The molecule has 24 heavy (non-hydrogen) atoms. The van der Waals surface area contributed by atoms with E-state index in [1.54, 1.807) is 0 Å². The second-order valence-corrected chi connectivity index (χ2v) is 6.80. The predicted octanol–water partition coefficient (Wildman–Crippen LogP) is 4.14. The van der Waals surface area contributed by atoms with E-state index in [1.807, 2.05) is 0 Å². The molecule has 2 heterocycles. The summed E-state index contributed by atoms with van der Waals surface area (Å²) in [5, 5.41) is 2.95. The van der Waals surface area contributed by atoms with E-state index in [4.69, 9.17) is 21.1 Å². The Labute approximate surface area is 144 Å². The van der Waals surface area contributed by atoms with E-state index in [9.17, 15) is 13.2 Å². The first-order valence-corrected chi connectivity index (χ1v) is 8.65. The smallest absolute Gasteiger partial charge is 0.421 e. The number of nitrogens with one attached hydrogen (secondary N) is 1. The Kier molecular flexibility index (Phi) is 5.57. The molecule has 0 radical (unpaired) electrons. The Morgan fingerprint density at radius 2 is 1.92 bits per heavy atom. The zero-order valence-corrected chi connectivity index (χ0v) is 14.0. The fourth-order valence-electron chi connectivity index (χ4n) is 3.60. The number of hydrogen-bond acceptors (Lipinski definition) is 3. The summed E-state index contributed by atoms with van der Waals surface area (Å²) in [6.45, 7) is 2.90. The molecule has 7 heteroatoms. The van der Waals surface area contributed by atoms with Crippen LogP contribution in [0.4, 0.5) is 13.2 Å². The van der Waals surface area contributed by atoms with Crippen LogP contribution in [0.1, 0.15) is 24.8 Å². The minimum Gasteiger partial charge on any atom is -0.489 e. The number of ether oxygens (including phenoxy) is 2. The van der Waals surface area contributed by atoms with E-state index < -0.39 is 11.7 Å². The van der Waals surface area contributed by atoms with Gasteiger partial charge in [0.05, 0.1) is 5.02 Å². The minimum absolute atomic E-state index is 0.168. The maximum Gasteiger partial charge on any atom is 0.421 e. The summed E-state index contributed by atoms with van der Waals surface area (Å²) < 4.78 is 51.5. The van der Waals surface area contributed by atoms with E-state index in [0.717, 1.165) is 32.4 Å². The lowest BCUT2D eigenvalue weighted by Crippen LogP contribution is -2.39. The minimum atomic E-state index is -4.54. The Morgan fingerprint density at radius 3 is 2.54 bits per heavy atom. The molecule has 2 saturated heterocycles. The van der Waals surface area contributed by atoms with Crippen molar-refractivity contribution in [2.45, 2.75) is 31.5 Å². The number of alkyl halides is 3. The van der Waals surface area contributed by atoms with Gasteiger partial charge in [-0.15, -0.1) is 0 Å². The molecule has 2 aliphatic rings. The third-order valence-electron chi connectivity index (χ3n) is 4.82. The second kappa shape index (κ2) is 7.50. The van der Waals surface area contributed by atoms with Crippen LogP contribution in [0.3, 0.4) is 0 Å². The van der Waals surface area contributed by atoms with Gasteiger partial charge < -0.3 is 14.8 Å². The SMILES string of the molecule is FC(F)(F)c1c(Cl)cccc1O[C@H](C1CCOCC1)C1CCNC1. The van der Waals surface area contributed by atoms with Gasteiger partial charge in [0.15, 0.2) is 0 Å². The Balaban J connectivity index is 1.88. The molecule has 0 aliphatic carbocycles. The van der Waals surface area contributed by atoms with E-state index >= 15 is 0 Å². The summed E-state index contributed by atoms with van der Waals surface area (Å²) in [5.41, 5.74) is -0.880. The van der Waals surface area contributed by atoms with Crippen LogP contribution in [0.5, 0.6) is 5.75 Å². The van der Waals surface area contributed by atoms with Crippen LogP contribution in [-0.2, 0) is 10.9 Å². The molecule has 3 rings (SSSR count). The van der Waals surface area contributed by atoms with Crippen LogP contribution in [-0.4, -0.2) is 32.4 Å². The van der Waals surface area contributed by atoms with E-state index in [0.29, 0.717) is 13.2 Å². The molecule has 0 spiro atoms. The largest absolute Gasteiger partial charge is 0.489 e. The van der Waals surface area contributed by atoms with Crippen molar-refractivity contribution in [1.29, 1.82) is 0 Å². The first-order valence-electron chi connectivity index (χ1n) is 8.27. The Hall–Kier alpha value is -0.980. The third kappa shape index (κ3) is 3.98. The van der Waals surface area contributed by atoms with Gasteiger partial charge in [0.25, 0.3) is 0 Å². The van der Waals surface area contributed by atoms with Gasteiger partial charge in [0.1, 0.15) is 17.4 Å². The normalized spacial score (nSPS) is 24.1. The third-order valence-corrected chi connectivity index (χ3v) is 5.13. The van der Waals surface area contributed by atoms with Crippen molar-refractivity contribution in [2.24, 2.45) is 11.8 Å². The van der Waals surface area contributed by atoms with Crippen LogP contribution in [0.15, 0.2) is 18.2 Å². The van der Waals surface area contributed by atoms with Gasteiger partial charge in [-0.3, -0.25) is 0 Å². The van der Waals surface area contributed by atoms with Gasteiger partial charge in [-0.05, 0) is 37.9 Å². The zero-order valence-electron chi connectivity index (χ0n) is 13.2. The predicted molar refractivity (Wildman–Crippen MR) is 85.4 cm³/mol. The molecule has 0 bridgehead atoms. The summed E-state index contributed by atoms with van der Waals surface area (Å²) in [4.78, 5) is 0. The highest BCUT2D eigenvalue weighted by molar-refractivity contribution is 6.31. The lowest BCUT2D eigenvalue weighted by Gasteiger charge is -2.35. The number of rotatable bonds is 4. The molecule has 2 atom stereocenters. The average molecular weight is 364 g/mol. The summed E-state index contributed by atoms with van der Waals surface area (Å²) in [5.74, 6) is 0.232. The molecular formula is C17H21ClF3NO2. The average Bonchev–Trinajstić information content (AvgIpc) is 3.06. The molecule has 2 fully saturated rings. The maximum atomic E-state index is 13.4. The maximum absolute atomic E-state index is 13.4. The van der Waals surface area contributed by atoms with Gasteiger partial charge in [-0.25, -0.2) is 0 Å². The highest BCUT2D eigenvalue weighted by atomic mass is 35.5. The van der Waals surface area contributed by atoms with E-state index in [1.165, 1.54) is 18.2 Å². The molecule has 0 amide bonds. The molecule has 1 aromatic rings. The number of hydrogen-bond donors (Lipinski definition) is 1. The summed E-state index contributed by atoms with van der Waals surface area (Å²) >= 11 is 5.81. The molecule has 1 unspecified atom stereocenters.